The Kier molecular flexibility index (Phi) is 4.78. The number of carbonyl (C=O) groups excluding carboxylic acids is 1. The summed E-state index contributed by atoms with van der Waals surface area (Å²) < 4.78 is 4.82. The van der Waals surface area contributed by atoms with E-state index in [-0.39, 0.29) is 12.4 Å². The molecule has 0 amide bonds. The number of esters is 1. The lowest BCUT2D eigenvalue weighted by Gasteiger charge is -2.04. The molecule has 1 aromatic rings. The molecule has 17 heavy (non-hydrogen) atoms. The quantitative estimate of drug-likeness (QED) is 0.577. The maximum absolute atomic E-state index is 11.1. The lowest BCUT2D eigenvalue weighted by Crippen LogP contribution is -2.01. The summed E-state index contributed by atoms with van der Waals surface area (Å²) in [5.41, 5.74) is 4.55. The van der Waals surface area contributed by atoms with Crippen LogP contribution in [-0.2, 0) is 9.53 Å². The van der Waals surface area contributed by atoms with E-state index in [0.717, 1.165) is 16.7 Å². The Labute approximate surface area is 103 Å². The van der Waals surface area contributed by atoms with Gasteiger partial charge in [0.15, 0.2) is 0 Å². The lowest BCUT2D eigenvalue weighted by molar-refractivity contribution is -0.141. The van der Waals surface area contributed by atoms with Gasteiger partial charge in [0.25, 0.3) is 0 Å². The van der Waals surface area contributed by atoms with Gasteiger partial charge in [-0.15, -0.1) is 0 Å². The van der Waals surface area contributed by atoms with Crippen molar-refractivity contribution in [2.24, 2.45) is 0 Å². The van der Waals surface area contributed by atoms with Crippen LogP contribution in [0, 0.1) is 32.6 Å². The molecule has 90 valence electrons. The molecule has 0 bridgehead atoms. The van der Waals surface area contributed by atoms with Gasteiger partial charge in [-0.3, -0.25) is 4.79 Å². The van der Waals surface area contributed by atoms with Crippen LogP contribution < -0.4 is 0 Å². The molecule has 0 aliphatic carbocycles. The first kappa shape index (κ1) is 13.3. The van der Waals surface area contributed by atoms with Crippen molar-refractivity contribution in [1.29, 1.82) is 0 Å². The van der Waals surface area contributed by atoms with E-state index in [9.17, 15) is 4.79 Å². The molecule has 0 heterocycles. The molecule has 0 aromatic heterocycles. The first-order chi connectivity index (χ1) is 8.04. The van der Waals surface area contributed by atoms with E-state index < -0.39 is 0 Å². The van der Waals surface area contributed by atoms with Crippen LogP contribution in [0.1, 0.15) is 35.6 Å². The molecule has 1 aromatic carbocycles. The molecule has 0 saturated heterocycles. The average molecular weight is 230 g/mol. The van der Waals surface area contributed by atoms with E-state index in [0.29, 0.717) is 6.61 Å². The van der Waals surface area contributed by atoms with E-state index in [1.165, 1.54) is 5.56 Å². The van der Waals surface area contributed by atoms with Crippen molar-refractivity contribution in [3.8, 4) is 11.8 Å². The minimum Gasteiger partial charge on any atom is -0.465 e. The summed E-state index contributed by atoms with van der Waals surface area (Å²) in [6.07, 6.45) is 0.153. The Balaban J connectivity index is 2.82. The fourth-order valence-electron chi connectivity index (χ4n) is 1.79. The molecular formula is C15H18O2. The van der Waals surface area contributed by atoms with Crippen molar-refractivity contribution in [1.82, 2.24) is 0 Å². The second kappa shape index (κ2) is 6.10. The van der Waals surface area contributed by atoms with Crippen LogP contribution in [0.4, 0.5) is 0 Å². The van der Waals surface area contributed by atoms with Crippen molar-refractivity contribution in [2.45, 2.75) is 34.1 Å². The van der Waals surface area contributed by atoms with Gasteiger partial charge in [0.05, 0.1) is 6.61 Å². The van der Waals surface area contributed by atoms with Gasteiger partial charge < -0.3 is 4.74 Å². The van der Waals surface area contributed by atoms with Crippen LogP contribution >= 0.6 is 0 Å². The third-order valence-electron chi connectivity index (χ3n) is 2.43. The standard InChI is InChI=1S/C15H18O2/c1-5-17-15(16)8-6-7-14-12(3)9-11(2)10-13(14)4/h9-10H,5,8H2,1-4H3. The molecule has 2 nitrogen and oxygen atoms in total. The highest BCUT2D eigenvalue weighted by Gasteiger charge is 2.01. The van der Waals surface area contributed by atoms with Crippen LogP contribution in [0.2, 0.25) is 0 Å². The number of benzene rings is 1. The van der Waals surface area contributed by atoms with Gasteiger partial charge in [-0.1, -0.05) is 29.5 Å². The summed E-state index contributed by atoms with van der Waals surface area (Å²) in [5.74, 6) is 5.65. The summed E-state index contributed by atoms with van der Waals surface area (Å²) in [5, 5.41) is 0. The van der Waals surface area contributed by atoms with Gasteiger partial charge in [0, 0.05) is 5.56 Å². The van der Waals surface area contributed by atoms with E-state index in [4.69, 9.17) is 4.74 Å². The van der Waals surface area contributed by atoms with Gasteiger partial charge in [0.1, 0.15) is 6.42 Å². The number of aryl methyl sites for hydroxylation is 3. The van der Waals surface area contributed by atoms with Gasteiger partial charge in [0.2, 0.25) is 0 Å². The van der Waals surface area contributed by atoms with Crippen molar-refractivity contribution in [3.05, 3.63) is 34.4 Å². The molecule has 0 radical (unpaired) electrons. The Morgan fingerprint density at radius 1 is 1.24 bits per heavy atom. The molecule has 0 atom stereocenters. The summed E-state index contributed by atoms with van der Waals surface area (Å²) in [6, 6.07) is 4.20. The Bertz CT molecular complexity index is 452. The van der Waals surface area contributed by atoms with Crippen LogP contribution in [-0.4, -0.2) is 12.6 Å². The largest absolute Gasteiger partial charge is 0.465 e. The SMILES string of the molecule is CCOC(=O)CC#Cc1c(C)cc(C)cc1C. The highest BCUT2D eigenvalue weighted by atomic mass is 16.5. The van der Waals surface area contributed by atoms with Crippen molar-refractivity contribution in [2.75, 3.05) is 6.61 Å². The van der Waals surface area contributed by atoms with E-state index in [1.807, 2.05) is 13.8 Å². The second-order valence-corrected chi connectivity index (χ2v) is 4.06. The monoisotopic (exact) mass is 230 g/mol. The third-order valence-corrected chi connectivity index (χ3v) is 2.43. The number of rotatable bonds is 2. The summed E-state index contributed by atoms with van der Waals surface area (Å²) in [6.45, 7) is 8.33. The average Bonchev–Trinajstić information content (AvgIpc) is 2.22. The zero-order valence-corrected chi connectivity index (χ0v) is 10.9. The zero-order valence-electron chi connectivity index (χ0n) is 10.9. The van der Waals surface area contributed by atoms with Gasteiger partial charge in [-0.05, 0) is 38.8 Å². The molecule has 0 N–H and O–H groups in total. The maximum atomic E-state index is 11.1. The predicted molar refractivity (Wildman–Crippen MR) is 68.8 cm³/mol. The molecule has 0 unspecified atom stereocenters. The van der Waals surface area contributed by atoms with Crippen molar-refractivity contribution >= 4 is 5.97 Å². The van der Waals surface area contributed by atoms with E-state index in [2.05, 4.69) is 30.9 Å². The van der Waals surface area contributed by atoms with Crippen LogP contribution in [0.25, 0.3) is 0 Å². The van der Waals surface area contributed by atoms with Gasteiger partial charge >= 0.3 is 5.97 Å². The van der Waals surface area contributed by atoms with Crippen molar-refractivity contribution in [3.63, 3.8) is 0 Å². The molecule has 0 aliphatic rings. The fraction of sp³-hybridized carbons (Fsp3) is 0.400. The summed E-state index contributed by atoms with van der Waals surface area (Å²) in [7, 11) is 0. The Morgan fingerprint density at radius 3 is 2.35 bits per heavy atom. The molecular weight excluding hydrogens is 212 g/mol. The third kappa shape index (κ3) is 3.96. The highest BCUT2D eigenvalue weighted by molar-refractivity contribution is 5.72. The summed E-state index contributed by atoms with van der Waals surface area (Å²) >= 11 is 0. The molecule has 0 saturated carbocycles. The lowest BCUT2D eigenvalue weighted by atomic mass is 10.0. The maximum Gasteiger partial charge on any atom is 0.317 e. The first-order valence-corrected chi connectivity index (χ1v) is 5.77. The van der Waals surface area contributed by atoms with Crippen LogP contribution in [0.15, 0.2) is 12.1 Å². The smallest absolute Gasteiger partial charge is 0.317 e. The van der Waals surface area contributed by atoms with Gasteiger partial charge in [-0.25, -0.2) is 0 Å². The minimum absolute atomic E-state index is 0.153. The predicted octanol–water partition coefficient (Wildman–Crippen LogP) is 2.92. The molecule has 1 rings (SSSR count). The minimum atomic E-state index is -0.262. The highest BCUT2D eigenvalue weighted by Crippen LogP contribution is 2.14. The second-order valence-electron chi connectivity index (χ2n) is 4.06. The number of hydrogen-bond donors (Lipinski definition) is 0. The van der Waals surface area contributed by atoms with Crippen LogP contribution in [0.5, 0.6) is 0 Å². The normalized spacial score (nSPS) is 9.41. The zero-order chi connectivity index (χ0) is 12.8. The molecule has 0 spiro atoms. The van der Waals surface area contributed by atoms with Gasteiger partial charge in [-0.2, -0.15) is 0 Å². The molecule has 0 aliphatic heterocycles. The van der Waals surface area contributed by atoms with E-state index in [1.54, 1.807) is 6.92 Å². The molecule has 2 heteroatoms. The first-order valence-electron chi connectivity index (χ1n) is 5.77. The van der Waals surface area contributed by atoms with Crippen molar-refractivity contribution < 1.29 is 9.53 Å². The van der Waals surface area contributed by atoms with E-state index >= 15 is 0 Å². The molecule has 0 fully saturated rings. The van der Waals surface area contributed by atoms with Crippen LogP contribution in [0.3, 0.4) is 0 Å². The fourth-order valence-corrected chi connectivity index (χ4v) is 1.79. The summed E-state index contributed by atoms with van der Waals surface area (Å²) in [4.78, 5) is 11.1. The number of ether oxygens (including phenoxy) is 1. The Hall–Kier alpha value is -1.75. The topological polar surface area (TPSA) is 26.3 Å². The Morgan fingerprint density at radius 2 is 1.82 bits per heavy atom. The number of hydrogen-bond acceptors (Lipinski definition) is 2. The number of carbonyl (C=O) groups is 1.